The highest BCUT2D eigenvalue weighted by Crippen LogP contribution is 2.31. The van der Waals surface area contributed by atoms with Crippen molar-refractivity contribution in [1.82, 2.24) is 4.90 Å². The summed E-state index contributed by atoms with van der Waals surface area (Å²) in [5.41, 5.74) is 2.32. The number of hydrogen-bond donors (Lipinski definition) is 1. The molecular formula is C15H17NO4. The molecule has 0 aromatic heterocycles. The third-order valence-electron chi connectivity index (χ3n) is 3.40. The van der Waals surface area contributed by atoms with Crippen LogP contribution in [0.3, 0.4) is 0 Å². The van der Waals surface area contributed by atoms with E-state index in [0.29, 0.717) is 18.5 Å². The molecule has 1 aromatic rings. The highest BCUT2D eigenvalue weighted by molar-refractivity contribution is 6.08. The van der Waals surface area contributed by atoms with Crippen molar-refractivity contribution in [2.45, 2.75) is 25.7 Å². The molecule has 0 saturated heterocycles. The minimum absolute atomic E-state index is 0.0135. The van der Waals surface area contributed by atoms with Crippen LogP contribution < -0.4 is 0 Å². The predicted octanol–water partition coefficient (Wildman–Crippen LogP) is 2.69. The Hall–Kier alpha value is -2.14. The number of carbonyl (C=O) groups is 2. The lowest BCUT2D eigenvalue weighted by molar-refractivity contribution is -0.234. The summed E-state index contributed by atoms with van der Waals surface area (Å²) in [6.07, 6.45) is 2.37. The van der Waals surface area contributed by atoms with Crippen molar-refractivity contribution in [2.24, 2.45) is 0 Å². The second kappa shape index (κ2) is 6.34. The molecule has 1 N–H and O–H groups in total. The Kier molecular flexibility index (Phi) is 4.53. The molecule has 5 nitrogen and oxygen atoms in total. The van der Waals surface area contributed by atoms with Crippen LogP contribution >= 0.6 is 0 Å². The van der Waals surface area contributed by atoms with E-state index < -0.39 is 5.97 Å². The van der Waals surface area contributed by atoms with E-state index >= 15 is 0 Å². The topological polar surface area (TPSA) is 66.8 Å². The molecule has 20 heavy (non-hydrogen) atoms. The van der Waals surface area contributed by atoms with E-state index in [-0.39, 0.29) is 12.3 Å². The van der Waals surface area contributed by atoms with Gasteiger partial charge in [-0.05, 0) is 18.9 Å². The number of nitrogens with zero attached hydrogens (tertiary/aromatic N) is 1. The summed E-state index contributed by atoms with van der Waals surface area (Å²) in [5.74, 6) is -0.639. The lowest BCUT2D eigenvalue weighted by atomic mass is 10.1. The molecule has 0 atom stereocenters. The molecule has 1 aromatic carbocycles. The summed E-state index contributed by atoms with van der Waals surface area (Å²) in [4.78, 5) is 28.2. The highest BCUT2D eigenvalue weighted by Gasteiger charge is 2.29. The summed E-state index contributed by atoms with van der Waals surface area (Å²) >= 11 is 0. The van der Waals surface area contributed by atoms with Gasteiger partial charge < -0.3 is 9.79 Å². The van der Waals surface area contributed by atoms with Crippen molar-refractivity contribution < 1.29 is 19.7 Å². The minimum atomic E-state index is -0.626. The summed E-state index contributed by atoms with van der Waals surface area (Å²) in [6.45, 7) is 4.55. The molecular weight excluding hydrogens is 258 g/mol. The van der Waals surface area contributed by atoms with E-state index in [1.54, 1.807) is 11.0 Å². The maximum absolute atomic E-state index is 12.2. The Morgan fingerprint density at radius 1 is 1.20 bits per heavy atom. The number of benzene rings is 1. The zero-order valence-electron chi connectivity index (χ0n) is 11.2. The fourth-order valence-electron chi connectivity index (χ4n) is 2.33. The van der Waals surface area contributed by atoms with Gasteiger partial charge in [-0.2, -0.15) is 5.26 Å². The normalized spacial score (nSPS) is 13.6. The van der Waals surface area contributed by atoms with Gasteiger partial charge in [0.2, 0.25) is 0 Å². The number of amides is 1. The highest BCUT2D eigenvalue weighted by atomic mass is 17.1. The second-order valence-electron chi connectivity index (χ2n) is 4.72. The fraction of sp³-hybridized carbons (Fsp3) is 0.333. The molecule has 0 aliphatic carbocycles. The zero-order chi connectivity index (χ0) is 14.5. The average molecular weight is 275 g/mol. The molecule has 0 spiro atoms. The van der Waals surface area contributed by atoms with Crippen LogP contribution in [0.5, 0.6) is 0 Å². The standard InChI is InChI=1S/C15H17NO4/c1-11-12-7-4-5-8-13(12)15(18)16(11)10-6-2-3-9-14(17)20-19/h4-5,7-8,19H,1-3,6,9-10H2. The van der Waals surface area contributed by atoms with Gasteiger partial charge in [0, 0.05) is 29.8 Å². The number of fused-ring (bicyclic) bond motifs is 1. The first kappa shape index (κ1) is 14.3. The van der Waals surface area contributed by atoms with Gasteiger partial charge >= 0.3 is 5.97 Å². The molecule has 2 rings (SSSR count). The lowest BCUT2D eigenvalue weighted by Gasteiger charge is -2.17. The van der Waals surface area contributed by atoms with E-state index in [1.165, 1.54) is 0 Å². The first-order valence-electron chi connectivity index (χ1n) is 6.59. The smallest absolute Gasteiger partial charge is 0.308 e. The monoisotopic (exact) mass is 275 g/mol. The van der Waals surface area contributed by atoms with Crippen molar-refractivity contribution in [1.29, 1.82) is 0 Å². The first-order chi connectivity index (χ1) is 9.65. The summed E-state index contributed by atoms with van der Waals surface area (Å²) in [6, 6.07) is 7.43. The number of unbranched alkanes of at least 4 members (excludes halogenated alkanes) is 2. The summed E-state index contributed by atoms with van der Waals surface area (Å²) in [5, 5.41) is 8.12. The Bertz CT molecular complexity index is 503. The number of rotatable bonds is 6. The molecule has 1 aliphatic heterocycles. The van der Waals surface area contributed by atoms with Gasteiger partial charge in [-0.15, -0.1) is 0 Å². The van der Waals surface area contributed by atoms with Crippen molar-refractivity contribution in [2.75, 3.05) is 6.54 Å². The van der Waals surface area contributed by atoms with Gasteiger partial charge in [0.05, 0.1) is 0 Å². The van der Waals surface area contributed by atoms with Gasteiger partial charge in [-0.3, -0.25) is 4.79 Å². The van der Waals surface area contributed by atoms with Crippen LogP contribution in [-0.2, 0) is 9.68 Å². The van der Waals surface area contributed by atoms with Gasteiger partial charge in [-0.25, -0.2) is 4.79 Å². The summed E-state index contributed by atoms with van der Waals surface area (Å²) < 4.78 is 0. The molecule has 1 aliphatic rings. The van der Waals surface area contributed by atoms with Crippen molar-refractivity contribution in [3.05, 3.63) is 42.0 Å². The van der Waals surface area contributed by atoms with Crippen LogP contribution in [0.25, 0.3) is 5.70 Å². The number of carbonyl (C=O) groups excluding carboxylic acids is 2. The van der Waals surface area contributed by atoms with Crippen LogP contribution in [0.15, 0.2) is 30.8 Å². The quantitative estimate of drug-likeness (QED) is 0.492. The average Bonchev–Trinajstić information content (AvgIpc) is 2.71. The van der Waals surface area contributed by atoms with Gasteiger partial charge in [0.1, 0.15) is 0 Å². The van der Waals surface area contributed by atoms with E-state index in [0.717, 1.165) is 24.1 Å². The lowest BCUT2D eigenvalue weighted by Crippen LogP contribution is -2.23. The Morgan fingerprint density at radius 3 is 2.55 bits per heavy atom. The van der Waals surface area contributed by atoms with E-state index in [2.05, 4.69) is 11.5 Å². The van der Waals surface area contributed by atoms with Crippen LogP contribution in [0.4, 0.5) is 0 Å². The largest absolute Gasteiger partial charge is 0.342 e. The van der Waals surface area contributed by atoms with Crippen molar-refractivity contribution in [3.8, 4) is 0 Å². The molecule has 1 amide bonds. The molecule has 1 heterocycles. The van der Waals surface area contributed by atoms with Crippen molar-refractivity contribution >= 4 is 17.6 Å². The van der Waals surface area contributed by atoms with Crippen molar-refractivity contribution in [3.63, 3.8) is 0 Å². The molecule has 0 fully saturated rings. The molecule has 0 bridgehead atoms. The second-order valence-corrected chi connectivity index (χ2v) is 4.72. The predicted molar refractivity (Wildman–Crippen MR) is 73.7 cm³/mol. The van der Waals surface area contributed by atoms with E-state index in [1.807, 2.05) is 18.2 Å². The summed E-state index contributed by atoms with van der Waals surface area (Å²) in [7, 11) is 0. The Balaban J connectivity index is 1.82. The van der Waals surface area contributed by atoms with Crippen LogP contribution in [-0.4, -0.2) is 28.6 Å². The Labute approximate surface area is 117 Å². The third kappa shape index (κ3) is 2.88. The first-order valence-corrected chi connectivity index (χ1v) is 6.59. The SMILES string of the molecule is C=C1c2ccccc2C(=O)N1CCCCCC(=O)OO. The van der Waals surface area contributed by atoms with E-state index in [9.17, 15) is 9.59 Å². The van der Waals surface area contributed by atoms with Crippen LogP contribution in [0.1, 0.15) is 41.6 Å². The maximum atomic E-state index is 12.2. The zero-order valence-corrected chi connectivity index (χ0v) is 11.2. The fourth-order valence-corrected chi connectivity index (χ4v) is 2.33. The van der Waals surface area contributed by atoms with Crippen LogP contribution in [0.2, 0.25) is 0 Å². The minimum Gasteiger partial charge on any atom is -0.308 e. The van der Waals surface area contributed by atoms with E-state index in [4.69, 9.17) is 5.26 Å². The third-order valence-corrected chi connectivity index (χ3v) is 3.40. The van der Waals surface area contributed by atoms with Gasteiger partial charge in [-0.1, -0.05) is 31.2 Å². The maximum Gasteiger partial charge on any atom is 0.342 e. The molecule has 106 valence electrons. The van der Waals surface area contributed by atoms with Gasteiger partial charge in [0.15, 0.2) is 0 Å². The molecule has 5 heteroatoms. The number of hydrogen-bond acceptors (Lipinski definition) is 4. The van der Waals surface area contributed by atoms with Gasteiger partial charge in [0.25, 0.3) is 5.91 Å². The molecule has 0 radical (unpaired) electrons. The Morgan fingerprint density at radius 2 is 1.90 bits per heavy atom. The molecule has 0 saturated carbocycles. The molecule has 0 unspecified atom stereocenters. The van der Waals surface area contributed by atoms with Crippen LogP contribution in [0, 0.1) is 0 Å².